The molecule has 0 bridgehead atoms. The summed E-state index contributed by atoms with van der Waals surface area (Å²) in [4.78, 5) is 24.7. The molecule has 0 spiro atoms. The minimum atomic E-state index is -0.700. The lowest BCUT2D eigenvalue weighted by molar-refractivity contribution is -0.146. The number of hydrogen-bond donors (Lipinski definition) is 2. The summed E-state index contributed by atoms with van der Waals surface area (Å²) in [5.41, 5.74) is 0. The van der Waals surface area contributed by atoms with Crippen LogP contribution in [0.1, 0.15) is 6.92 Å². The summed E-state index contributed by atoms with van der Waals surface area (Å²) in [6, 6.07) is 7.05. The summed E-state index contributed by atoms with van der Waals surface area (Å²) in [6.07, 6.45) is 0. The van der Waals surface area contributed by atoms with E-state index in [1.165, 1.54) is 4.90 Å². The molecular formula is C15H22N2O5. The zero-order chi connectivity index (χ0) is 16.4. The second kappa shape index (κ2) is 9.62. The Morgan fingerprint density at radius 2 is 1.86 bits per heavy atom. The number of carbonyl (C=O) groups is 2. The number of carbonyl (C=O) groups excluding carboxylic acids is 2. The molecule has 2 amide bonds. The fourth-order valence-corrected chi connectivity index (χ4v) is 1.75. The third-order valence-electron chi connectivity index (χ3n) is 2.95. The van der Waals surface area contributed by atoms with Crippen LogP contribution in [0.5, 0.6) is 11.5 Å². The van der Waals surface area contributed by atoms with E-state index in [1.807, 2.05) is 0 Å². The highest BCUT2D eigenvalue weighted by Crippen LogP contribution is 2.16. The molecule has 0 saturated heterocycles. The molecule has 7 heteroatoms. The van der Waals surface area contributed by atoms with Crippen LogP contribution in [0.15, 0.2) is 24.3 Å². The average Bonchev–Trinajstić information content (AvgIpc) is 2.56. The Bertz CT molecular complexity index is 475. The third kappa shape index (κ3) is 5.61. The minimum Gasteiger partial charge on any atom is -0.497 e. The molecule has 2 N–H and O–H groups in total. The zero-order valence-electron chi connectivity index (χ0n) is 12.9. The molecule has 1 rings (SSSR count). The van der Waals surface area contributed by atoms with Gasteiger partial charge in [0, 0.05) is 13.1 Å². The molecule has 0 atom stereocenters. The van der Waals surface area contributed by atoms with Crippen LogP contribution in [0, 0.1) is 0 Å². The van der Waals surface area contributed by atoms with Gasteiger partial charge in [-0.15, -0.1) is 0 Å². The predicted octanol–water partition coefficient (Wildman–Crippen LogP) is 0.0310. The molecule has 0 aromatic heterocycles. The fourth-order valence-electron chi connectivity index (χ4n) is 1.75. The van der Waals surface area contributed by atoms with Gasteiger partial charge >= 0.3 is 11.8 Å². The zero-order valence-corrected chi connectivity index (χ0v) is 12.9. The molecule has 1 aromatic rings. The van der Waals surface area contributed by atoms with Gasteiger partial charge in [0.05, 0.1) is 20.3 Å². The van der Waals surface area contributed by atoms with Crippen molar-refractivity contribution in [3.8, 4) is 11.5 Å². The molecule has 0 aliphatic rings. The van der Waals surface area contributed by atoms with Crippen LogP contribution in [0.2, 0.25) is 0 Å². The van der Waals surface area contributed by atoms with Crippen LogP contribution >= 0.6 is 0 Å². The fraction of sp³-hybridized carbons (Fsp3) is 0.467. The summed E-state index contributed by atoms with van der Waals surface area (Å²) < 4.78 is 10.5. The normalized spacial score (nSPS) is 9.95. The van der Waals surface area contributed by atoms with E-state index in [0.29, 0.717) is 12.3 Å². The van der Waals surface area contributed by atoms with Crippen LogP contribution in [0.25, 0.3) is 0 Å². The van der Waals surface area contributed by atoms with Crippen molar-refractivity contribution < 1.29 is 24.2 Å². The summed E-state index contributed by atoms with van der Waals surface area (Å²) >= 11 is 0. The summed E-state index contributed by atoms with van der Waals surface area (Å²) in [6.45, 7) is 2.55. The molecule has 1 aromatic carbocycles. The monoisotopic (exact) mass is 310 g/mol. The smallest absolute Gasteiger partial charge is 0.311 e. The van der Waals surface area contributed by atoms with E-state index in [4.69, 9.17) is 14.6 Å². The first kappa shape index (κ1) is 17.8. The topological polar surface area (TPSA) is 88.1 Å². The lowest BCUT2D eigenvalue weighted by Gasteiger charge is -2.18. The summed E-state index contributed by atoms with van der Waals surface area (Å²) in [5, 5.41) is 11.3. The molecule has 0 unspecified atom stereocenters. The first-order chi connectivity index (χ1) is 10.6. The van der Waals surface area contributed by atoms with Crippen molar-refractivity contribution in [2.45, 2.75) is 6.92 Å². The van der Waals surface area contributed by atoms with E-state index >= 15 is 0 Å². The first-order valence-corrected chi connectivity index (χ1v) is 7.07. The van der Waals surface area contributed by atoms with E-state index in [-0.39, 0.29) is 26.3 Å². The molecule has 0 heterocycles. The maximum absolute atomic E-state index is 11.7. The SMILES string of the molecule is CCN(CCO)C(=O)C(=O)NCCOc1ccc(OC)cc1. The molecule has 7 nitrogen and oxygen atoms in total. The lowest BCUT2D eigenvalue weighted by atomic mass is 10.3. The number of benzene rings is 1. The molecule has 0 fully saturated rings. The van der Waals surface area contributed by atoms with Crippen molar-refractivity contribution in [3.05, 3.63) is 24.3 Å². The highest BCUT2D eigenvalue weighted by molar-refractivity contribution is 6.34. The van der Waals surface area contributed by atoms with Gasteiger partial charge in [0.2, 0.25) is 0 Å². The van der Waals surface area contributed by atoms with Crippen molar-refractivity contribution in [2.75, 3.05) is 40.0 Å². The second-order valence-corrected chi connectivity index (χ2v) is 4.39. The molecular weight excluding hydrogens is 288 g/mol. The molecule has 0 aliphatic heterocycles. The number of ether oxygens (including phenoxy) is 2. The Morgan fingerprint density at radius 3 is 2.41 bits per heavy atom. The van der Waals surface area contributed by atoms with E-state index < -0.39 is 11.8 Å². The number of aliphatic hydroxyl groups is 1. The number of rotatable bonds is 8. The minimum absolute atomic E-state index is 0.144. The maximum Gasteiger partial charge on any atom is 0.311 e. The largest absolute Gasteiger partial charge is 0.497 e. The van der Waals surface area contributed by atoms with E-state index in [0.717, 1.165) is 5.75 Å². The van der Waals surface area contributed by atoms with Crippen LogP contribution in [-0.2, 0) is 9.59 Å². The highest BCUT2D eigenvalue weighted by atomic mass is 16.5. The van der Waals surface area contributed by atoms with Gasteiger partial charge in [-0.05, 0) is 31.2 Å². The summed E-state index contributed by atoms with van der Waals surface area (Å²) in [7, 11) is 1.58. The van der Waals surface area contributed by atoms with Gasteiger partial charge in [-0.3, -0.25) is 9.59 Å². The van der Waals surface area contributed by atoms with Gasteiger partial charge in [0.1, 0.15) is 18.1 Å². The van der Waals surface area contributed by atoms with Crippen LogP contribution in [-0.4, -0.2) is 61.8 Å². The molecule has 22 heavy (non-hydrogen) atoms. The van der Waals surface area contributed by atoms with E-state index in [1.54, 1.807) is 38.3 Å². The standard InChI is InChI=1S/C15H22N2O5/c1-3-17(9-10-18)15(20)14(19)16-8-11-22-13-6-4-12(21-2)5-7-13/h4-7,18H,3,8-11H2,1-2H3,(H,16,19). The molecule has 0 aliphatic carbocycles. The quantitative estimate of drug-likeness (QED) is 0.522. The van der Waals surface area contributed by atoms with Crippen molar-refractivity contribution in [1.29, 1.82) is 0 Å². The number of methoxy groups -OCH3 is 1. The number of aliphatic hydroxyl groups excluding tert-OH is 1. The van der Waals surface area contributed by atoms with Gasteiger partial charge in [0.25, 0.3) is 0 Å². The molecule has 0 saturated carbocycles. The van der Waals surface area contributed by atoms with Crippen LogP contribution in [0.4, 0.5) is 0 Å². The van der Waals surface area contributed by atoms with E-state index in [2.05, 4.69) is 5.32 Å². The Balaban J connectivity index is 2.30. The van der Waals surface area contributed by atoms with Crippen molar-refractivity contribution in [2.24, 2.45) is 0 Å². The number of nitrogens with one attached hydrogen (secondary N) is 1. The van der Waals surface area contributed by atoms with Crippen molar-refractivity contribution >= 4 is 11.8 Å². The Kier molecular flexibility index (Phi) is 7.77. The molecule has 0 radical (unpaired) electrons. The van der Waals surface area contributed by atoms with Gasteiger partial charge < -0.3 is 24.8 Å². The van der Waals surface area contributed by atoms with Crippen molar-refractivity contribution in [1.82, 2.24) is 10.2 Å². The third-order valence-corrected chi connectivity index (χ3v) is 2.95. The van der Waals surface area contributed by atoms with Gasteiger partial charge in [-0.1, -0.05) is 0 Å². The Morgan fingerprint density at radius 1 is 1.23 bits per heavy atom. The number of likely N-dealkylation sites (N-methyl/N-ethyl adjacent to an activating group) is 1. The Labute approximate surface area is 129 Å². The average molecular weight is 310 g/mol. The van der Waals surface area contributed by atoms with Gasteiger partial charge in [0.15, 0.2) is 0 Å². The second-order valence-electron chi connectivity index (χ2n) is 4.39. The highest BCUT2D eigenvalue weighted by Gasteiger charge is 2.19. The first-order valence-electron chi connectivity index (χ1n) is 7.07. The Hall–Kier alpha value is -2.28. The van der Waals surface area contributed by atoms with Gasteiger partial charge in [-0.25, -0.2) is 0 Å². The lowest BCUT2D eigenvalue weighted by Crippen LogP contribution is -2.45. The van der Waals surface area contributed by atoms with Crippen molar-refractivity contribution in [3.63, 3.8) is 0 Å². The molecule has 122 valence electrons. The number of hydrogen-bond acceptors (Lipinski definition) is 5. The predicted molar refractivity (Wildman–Crippen MR) is 80.8 cm³/mol. The van der Waals surface area contributed by atoms with Gasteiger partial charge in [-0.2, -0.15) is 0 Å². The number of nitrogens with zero attached hydrogens (tertiary/aromatic N) is 1. The maximum atomic E-state index is 11.7. The number of amides is 2. The summed E-state index contributed by atoms with van der Waals surface area (Å²) in [5.74, 6) is 0.0289. The van der Waals surface area contributed by atoms with Crippen LogP contribution < -0.4 is 14.8 Å². The van der Waals surface area contributed by atoms with E-state index in [9.17, 15) is 9.59 Å². The van der Waals surface area contributed by atoms with Crippen LogP contribution in [0.3, 0.4) is 0 Å².